The molecular formula is C12H23NO3. The summed E-state index contributed by atoms with van der Waals surface area (Å²) in [7, 11) is 0. The van der Waals surface area contributed by atoms with E-state index in [2.05, 4.69) is 18.7 Å². The predicted octanol–water partition coefficient (Wildman–Crippen LogP) is 1.30. The van der Waals surface area contributed by atoms with Crippen LogP contribution in [-0.2, 0) is 14.3 Å². The summed E-state index contributed by atoms with van der Waals surface area (Å²) >= 11 is 0. The number of rotatable bonds is 4. The maximum absolute atomic E-state index is 11.5. The first-order chi connectivity index (χ1) is 7.44. The number of hydrogen-bond donors (Lipinski definition) is 0. The second-order valence-corrected chi connectivity index (χ2v) is 5.00. The van der Waals surface area contributed by atoms with Crippen LogP contribution < -0.4 is 0 Å². The average Bonchev–Trinajstić information content (AvgIpc) is 2.16. The van der Waals surface area contributed by atoms with Crippen LogP contribution in [0.2, 0.25) is 0 Å². The van der Waals surface area contributed by atoms with Crippen LogP contribution >= 0.6 is 0 Å². The molecule has 1 rings (SSSR count). The molecule has 94 valence electrons. The Hall–Kier alpha value is -0.610. The van der Waals surface area contributed by atoms with E-state index in [4.69, 9.17) is 9.47 Å². The molecule has 1 unspecified atom stereocenters. The zero-order chi connectivity index (χ0) is 12.2. The Morgan fingerprint density at radius 1 is 1.56 bits per heavy atom. The molecule has 1 saturated heterocycles. The number of hydrogen-bond acceptors (Lipinski definition) is 4. The molecule has 1 fully saturated rings. The van der Waals surface area contributed by atoms with Crippen LogP contribution in [0.4, 0.5) is 0 Å². The number of ether oxygens (including phenoxy) is 2. The fourth-order valence-electron chi connectivity index (χ4n) is 2.02. The lowest BCUT2D eigenvalue weighted by Gasteiger charge is -2.38. The Balaban J connectivity index is 2.39. The second-order valence-electron chi connectivity index (χ2n) is 5.00. The van der Waals surface area contributed by atoms with Gasteiger partial charge in [0.15, 0.2) is 0 Å². The van der Waals surface area contributed by atoms with Crippen LogP contribution in [-0.4, -0.2) is 49.3 Å². The first kappa shape index (κ1) is 13.5. The molecule has 0 saturated carbocycles. The van der Waals surface area contributed by atoms with Crippen LogP contribution in [0, 0.1) is 5.92 Å². The van der Waals surface area contributed by atoms with Gasteiger partial charge < -0.3 is 9.47 Å². The Morgan fingerprint density at radius 3 is 2.81 bits per heavy atom. The van der Waals surface area contributed by atoms with Crippen molar-refractivity contribution in [3.8, 4) is 0 Å². The topological polar surface area (TPSA) is 38.8 Å². The van der Waals surface area contributed by atoms with Crippen molar-refractivity contribution in [1.82, 2.24) is 4.90 Å². The first-order valence-corrected chi connectivity index (χ1v) is 5.97. The summed E-state index contributed by atoms with van der Waals surface area (Å²) in [5.41, 5.74) is -0.105. The molecule has 4 nitrogen and oxygen atoms in total. The fraction of sp³-hybridized carbons (Fsp3) is 0.917. The highest BCUT2D eigenvalue weighted by Gasteiger charge is 2.29. The SMILES string of the molecule is CCOC(=O)C(C)CN1CCOC(C)(C)C1. The Kier molecular flexibility index (Phi) is 4.74. The van der Waals surface area contributed by atoms with E-state index in [1.54, 1.807) is 0 Å². The molecule has 0 spiro atoms. The molecular weight excluding hydrogens is 206 g/mol. The molecule has 0 amide bonds. The lowest BCUT2D eigenvalue weighted by Crippen LogP contribution is -2.50. The van der Waals surface area contributed by atoms with E-state index < -0.39 is 0 Å². The monoisotopic (exact) mass is 229 g/mol. The number of carbonyl (C=O) groups is 1. The Morgan fingerprint density at radius 2 is 2.25 bits per heavy atom. The van der Waals surface area contributed by atoms with E-state index in [-0.39, 0.29) is 17.5 Å². The predicted molar refractivity (Wildman–Crippen MR) is 62.3 cm³/mol. The van der Waals surface area contributed by atoms with Gasteiger partial charge >= 0.3 is 5.97 Å². The van der Waals surface area contributed by atoms with Crippen molar-refractivity contribution in [2.75, 3.05) is 32.8 Å². The van der Waals surface area contributed by atoms with Gasteiger partial charge in [0.2, 0.25) is 0 Å². The quantitative estimate of drug-likeness (QED) is 0.681. The van der Waals surface area contributed by atoms with Gasteiger partial charge in [-0.05, 0) is 20.8 Å². The third kappa shape index (κ3) is 4.10. The Labute approximate surface area is 97.9 Å². The van der Waals surface area contributed by atoms with Crippen molar-refractivity contribution < 1.29 is 14.3 Å². The van der Waals surface area contributed by atoms with Gasteiger partial charge in [-0.15, -0.1) is 0 Å². The molecule has 0 N–H and O–H groups in total. The van der Waals surface area contributed by atoms with Gasteiger partial charge in [0.25, 0.3) is 0 Å². The molecule has 0 radical (unpaired) electrons. The summed E-state index contributed by atoms with van der Waals surface area (Å²) in [6.45, 7) is 11.6. The summed E-state index contributed by atoms with van der Waals surface area (Å²) in [4.78, 5) is 13.8. The van der Waals surface area contributed by atoms with E-state index >= 15 is 0 Å². The van der Waals surface area contributed by atoms with Crippen molar-refractivity contribution in [1.29, 1.82) is 0 Å². The van der Waals surface area contributed by atoms with Crippen LogP contribution in [0.1, 0.15) is 27.7 Å². The van der Waals surface area contributed by atoms with Crippen molar-refractivity contribution in [2.24, 2.45) is 5.92 Å². The van der Waals surface area contributed by atoms with E-state index in [1.807, 2.05) is 13.8 Å². The molecule has 0 aliphatic carbocycles. The summed E-state index contributed by atoms with van der Waals surface area (Å²) < 4.78 is 10.6. The molecule has 1 aliphatic heterocycles. The van der Waals surface area contributed by atoms with Crippen molar-refractivity contribution in [3.05, 3.63) is 0 Å². The molecule has 0 aromatic heterocycles. The van der Waals surface area contributed by atoms with Gasteiger partial charge in [-0.3, -0.25) is 9.69 Å². The molecule has 0 bridgehead atoms. The van der Waals surface area contributed by atoms with E-state index in [9.17, 15) is 4.79 Å². The largest absolute Gasteiger partial charge is 0.466 e. The molecule has 0 aromatic carbocycles. The minimum atomic E-state index is -0.105. The smallest absolute Gasteiger partial charge is 0.309 e. The zero-order valence-electron chi connectivity index (χ0n) is 10.8. The zero-order valence-corrected chi connectivity index (χ0v) is 10.8. The highest BCUT2D eigenvalue weighted by Crippen LogP contribution is 2.17. The average molecular weight is 229 g/mol. The van der Waals surface area contributed by atoms with Crippen molar-refractivity contribution in [2.45, 2.75) is 33.3 Å². The first-order valence-electron chi connectivity index (χ1n) is 5.97. The van der Waals surface area contributed by atoms with E-state index in [1.165, 1.54) is 0 Å². The van der Waals surface area contributed by atoms with E-state index in [0.717, 1.165) is 26.2 Å². The van der Waals surface area contributed by atoms with Crippen LogP contribution in [0.25, 0.3) is 0 Å². The Bertz CT molecular complexity index is 240. The molecule has 16 heavy (non-hydrogen) atoms. The van der Waals surface area contributed by atoms with Crippen LogP contribution in [0.5, 0.6) is 0 Å². The highest BCUT2D eigenvalue weighted by molar-refractivity contribution is 5.72. The minimum absolute atomic E-state index is 0.0613. The highest BCUT2D eigenvalue weighted by atomic mass is 16.5. The lowest BCUT2D eigenvalue weighted by molar-refractivity contribution is -0.149. The summed E-state index contributed by atoms with van der Waals surface area (Å²) in [5, 5.41) is 0. The minimum Gasteiger partial charge on any atom is -0.466 e. The third-order valence-electron chi connectivity index (χ3n) is 2.73. The van der Waals surface area contributed by atoms with Gasteiger partial charge in [0.1, 0.15) is 0 Å². The lowest BCUT2D eigenvalue weighted by atomic mass is 10.1. The molecule has 1 atom stereocenters. The number of esters is 1. The van der Waals surface area contributed by atoms with Gasteiger partial charge in [-0.25, -0.2) is 0 Å². The number of morpholine rings is 1. The molecule has 4 heteroatoms. The molecule has 0 aromatic rings. The van der Waals surface area contributed by atoms with Gasteiger partial charge in [-0.2, -0.15) is 0 Å². The van der Waals surface area contributed by atoms with Crippen molar-refractivity contribution >= 4 is 5.97 Å². The van der Waals surface area contributed by atoms with Gasteiger partial charge in [0, 0.05) is 19.6 Å². The normalized spacial score (nSPS) is 22.8. The number of carbonyl (C=O) groups excluding carboxylic acids is 1. The summed E-state index contributed by atoms with van der Waals surface area (Å²) in [5.74, 6) is -0.166. The van der Waals surface area contributed by atoms with Crippen molar-refractivity contribution in [3.63, 3.8) is 0 Å². The second kappa shape index (κ2) is 5.64. The summed E-state index contributed by atoms with van der Waals surface area (Å²) in [6.07, 6.45) is 0. The van der Waals surface area contributed by atoms with Gasteiger partial charge in [-0.1, -0.05) is 6.92 Å². The van der Waals surface area contributed by atoms with Crippen LogP contribution in [0.15, 0.2) is 0 Å². The maximum atomic E-state index is 11.5. The van der Waals surface area contributed by atoms with Crippen LogP contribution in [0.3, 0.4) is 0 Å². The van der Waals surface area contributed by atoms with Gasteiger partial charge in [0.05, 0.1) is 24.7 Å². The maximum Gasteiger partial charge on any atom is 0.309 e. The summed E-state index contributed by atoms with van der Waals surface area (Å²) in [6, 6.07) is 0. The standard InChI is InChI=1S/C12H23NO3/c1-5-15-11(14)10(2)8-13-6-7-16-12(3,4)9-13/h10H,5-9H2,1-4H3. The third-order valence-corrected chi connectivity index (χ3v) is 2.73. The fourth-order valence-corrected chi connectivity index (χ4v) is 2.02. The number of nitrogens with zero attached hydrogens (tertiary/aromatic N) is 1. The van der Waals surface area contributed by atoms with E-state index in [0.29, 0.717) is 6.61 Å². The molecule has 1 heterocycles. The molecule has 1 aliphatic rings.